The van der Waals surface area contributed by atoms with E-state index in [1.807, 2.05) is 38.4 Å². The standard InChI is InChI=1S/C15H22N4O/c1-3-18-15(2,14(16)20)9-6-10-19-11-17-12-7-4-5-8-13(12)19/h4-5,7-8,11,18H,3,6,9-10H2,1-2H3,(H2,16,20). The maximum atomic E-state index is 11.6. The molecule has 0 saturated carbocycles. The number of aryl methyl sites for hydroxylation is 1. The van der Waals surface area contributed by atoms with Crippen LogP contribution in [0.4, 0.5) is 0 Å². The average Bonchev–Trinajstić information content (AvgIpc) is 2.82. The topological polar surface area (TPSA) is 72.9 Å². The van der Waals surface area contributed by atoms with Gasteiger partial charge in [-0.25, -0.2) is 4.98 Å². The van der Waals surface area contributed by atoms with Crippen molar-refractivity contribution in [2.45, 2.75) is 38.8 Å². The second kappa shape index (κ2) is 6.05. The molecule has 1 unspecified atom stereocenters. The van der Waals surface area contributed by atoms with E-state index in [9.17, 15) is 4.79 Å². The first-order chi connectivity index (χ1) is 9.57. The summed E-state index contributed by atoms with van der Waals surface area (Å²) < 4.78 is 2.11. The first-order valence-corrected chi connectivity index (χ1v) is 7.01. The normalized spacial score (nSPS) is 14.3. The van der Waals surface area contributed by atoms with Crippen molar-refractivity contribution >= 4 is 16.9 Å². The highest BCUT2D eigenvalue weighted by Crippen LogP contribution is 2.16. The lowest BCUT2D eigenvalue weighted by Crippen LogP contribution is -2.53. The Kier molecular flexibility index (Phi) is 4.39. The van der Waals surface area contributed by atoms with Crippen LogP contribution in [0.3, 0.4) is 0 Å². The summed E-state index contributed by atoms with van der Waals surface area (Å²) in [5, 5.41) is 3.18. The fourth-order valence-corrected chi connectivity index (χ4v) is 2.48. The second-order valence-corrected chi connectivity index (χ2v) is 5.26. The number of nitrogens with zero attached hydrogens (tertiary/aromatic N) is 2. The molecule has 1 atom stereocenters. The fraction of sp³-hybridized carbons (Fsp3) is 0.467. The summed E-state index contributed by atoms with van der Waals surface area (Å²) in [6.45, 7) is 5.40. The van der Waals surface area contributed by atoms with Crippen LogP contribution in [-0.2, 0) is 11.3 Å². The summed E-state index contributed by atoms with van der Waals surface area (Å²) in [5.74, 6) is -0.296. The van der Waals surface area contributed by atoms with E-state index < -0.39 is 5.54 Å². The first-order valence-electron chi connectivity index (χ1n) is 7.01. The van der Waals surface area contributed by atoms with Crippen LogP contribution in [0, 0.1) is 0 Å². The van der Waals surface area contributed by atoms with Crippen LogP contribution in [0.2, 0.25) is 0 Å². The predicted molar refractivity (Wildman–Crippen MR) is 80.2 cm³/mol. The average molecular weight is 274 g/mol. The molecule has 0 bridgehead atoms. The van der Waals surface area contributed by atoms with Crippen molar-refractivity contribution in [1.82, 2.24) is 14.9 Å². The van der Waals surface area contributed by atoms with Gasteiger partial charge in [-0.3, -0.25) is 4.79 Å². The molecule has 0 fully saturated rings. The molecule has 1 heterocycles. The Morgan fingerprint density at radius 1 is 1.45 bits per heavy atom. The second-order valence-electron chi connectivity index (χ2n) is 5.26. The van der Waals surface area contributed by atoms with Gasteiger partial charge in [-0.05, 0) is 38.4 Å². The Balaban J connectivity index is 2.00. The highest BCUT2D eigenvalue weighted by Gasteiger charge is 2.29. The largest absolute Gasteiger partial charge is 0.368 e. The molecular weight excluding hydrogens is 252 g/mol. The van der Waals surface area contributed by atoms with Crippen molar-refractivity contribution < 1.29 is 4.79 Å². The molecule has 2 rings (SSSR count). The predicted octanol–water partition coefficient (Wildman–Crippen LogP) is 1.67. The van der Waals surface area contributed by atoms with Crippen LogP contribution in [0.25, 0.3) is 11.0 Å². The van der Waals surface area contributed by atoms with Gasteiger partial charge in [0.2, 0.25) is 5.91 Å². The van der Waals surface area contributed by atoms with Gasteiger partial charge in [0, 0.05) is 6.54 Å². The number of primary amides is 1. The van der Waals surface area contributed by atoms with Gasteiger partial charge in [0.25, 0.3) is 0 Å². The van der Waals surface area contributed by atoms with E-state index in [0.717, 1.165) is 30.5 Å². The SMILES string of the molecule is CCNC(C)(CCCn1cnc2ccccc21)C(N)=O. The van der Waals surface area contributed by atoms with Crippen molar-refractivity contribution in [3.63, 3.8) is 0 Å². The van der Waals surface area contributed by atoms with Crippen molar-refractivity contribution in [1.29, 1.82) is 0 Å². The quantitative estimate of drug-likeness (QED) is 0.806. The lowest BCUT2D eigenvalue weighted by molar-refractivity contribution is -0.124. The Bertz CT molecular complexity index is 592. The number of rotatable bonds is 7. The Morgan fingerprint density at radius 3 is 2.90 bits per heavy atom. The van der Waals surface area contributed by atoms with Gasteiger partial charge in [0.05, 0.1) is 22.9 Å². The van der Waals surface area contributed by atoms with Gasteiger partial charge in [0.1, 0.15) is 0 Å². The van der Waals surface area contributed by atoms with E-state index in [0.29, 0.717) is 6.42 Å². The van der Waals surface area contributed by atoms with E-state index in [1.54, 1.807) is 0 Å². The van der Waals surface area contributed by atoms with Crippen molar-refractivity contribution in [3.8, 4) is 0 Å². The number of amides is 1. The summed E-state index contributed by atoms with van der Waals surface area (Å²) >= 11 is 0. The Morgan fingerprint density at radius 2 is 2.20 bits per heavy atom. The molecule has 0 aliphatic heterocycles. The van der Waals surface area contributed by atoms with Gasteiger partial charge < -0.3 is 15.6 Å². The van der Waals surface area contributed by atoms with Crippen molar-refractivity contribution in [3.05, 3.63) is 30.6 Å². The highest BCUT2D eigenvalue weighted by atomic mass is 16.1. The van der Waals surface area contributed by atoms with Gasteiger partial charge in [-0.1, -0.05) is 19.1 Å². The molecule has 108 valence electrons. The number of nitrogens with one attached hydrogen (secondary N) is 1. The molecule has 0 aliphatic carbocycles. The molecule has 0 saturated heterocycles. The molecule has 3 N–H and O–H groups in total. The number of carbonyl (C=O) groups is 1. The van der Waals surface area contributed by atoms with Crippen LogP contribution in [0.5, 0.6) is 0 Å². The number of likely N-dealkylation sites (N-methyl/N-ethyl adjacent to an activating group) is 1. The maximum absolute atomic E-state index is 11.6. The zero-order chi connectivity index (χ0) is 14.6. The molecule has 1 aromatic carbocycles. The number of aromatic nitrogens is 2. The Hall–Kier alpha value is -1.88. The molecule has 2 aromatic rings. The minimum Gasteiger partial charge on any atom is -0.368 e. The minimum atomic E-state index is -0.634. The van der Waals surface area contributed by atoms with Crippen LogP contribution < -0.4 is 11.1 Å². The first kappa shape index (κ1) is 14.5. The maximum Gasteiger partial charge on any atom is 0.237 e. The van der Waals surface area contributed by atoms with E-state index in [2.05, 4.69) is 20.9 Å². The number of hydrogen-bond donors (Lipinski definition) is 2. The van der Waals surface area contributed by atoms with Crippen LogP contribution in [-0.4, -0.2) is 27.5 Å². The van der Waals surface area contributed by atoms with Crippen molar-refractivity contribution in [2.24, 2.45) is 5.73 Å². The molecule has 1 amide bonds. The molecule has 5 nitrogen and oxygen atoms in total. The third kappa shape index (κ3) is 2.99. The lowest BCUT2D eigenvalue weighted by atomic mass is 9.95. The van der Waals surface area contributed by atoms with Gasteiger partial charge >= 0.3 is 0 Å². The number of nitrogens with two attached hydrogens (primary N) is 1. The van der Waals surface area contributed by atoms with E-state index >= 15 is 0 Å². The van der Waals surface area contributed by atoms with E-state index in [1.165, 1.54) is 0 Å². The van der Waals surface area contributed by atoms with Gasteiger partial charge in [0.15, 0.2) is 0 Å². The molecule has 0 spiro atoms. The molecule has 0 radical (unpaired) electrons. The smallest absolute Gasteiger partial charge is 0.237 e. The van der Waals surface area contributed by atoms with E-state index in [4.69, 9.17) is 5.73 Å². The zero-order valence-corrected chi connectivity index (χ0v) is 12.1. The summed E-state index contributed by atoms with van der Waals surface area (Å²) in [5.41, 5.74) is 6.97. The summed E-state index contributed by atoms with van der Waals surface area (Å²) in [7, 11) is 0. The number of benzene rings is 1. The molecule has 5 heteroatoms. The summed E-state index contributed by atoms with van der Waals surface area (Å²) in [6, 6.07) is 8.04. The van der Waals surface area contributed by atoms with E-state index in [-0.39, 0.29) is 5.91 Å². The summed E-state index contributed by atoms with van der Waals surface area (Å²) in [4.78, 5) is 15.9. The number of imidazole rings is 1. The van der Waals surface area contributed by atoms with Gasteiger partial charge in [-0.2, -0.15) is 0 Å². The van der Waals surface area contributed by atoms with Crippen LogP contribution in [0.15, 0.2) is 30.6 Å². The molecule has 1 aromatic heterocycles. The monoisotopic (exact) mass is 274 g/mol. The number of fused-ring (bicyclic) bond motifs is 1. The van der Waals surface area contributed by atoms with Crippen LogP contribution >= 0.6 is 0 Å². The number of hydrogen-bond acceptors (Lipinski definition) is 3. The molecule has 0 aliphatic rings. The van der Waals surface area contributed by atoms with Gasteiger partial charge in [-0.15, -0.1) is 0 Å². The van der Waals surface area contributed by atoms with Crippen molar-refractivity contribution in [2.75, 3.05) is 6.54 Å². The number of para-hydroxylation sites is 2. The summed E-state index contributed by atoms with van der Waals surface area (Å²) in [6.07, 6.45) is 3.43. The van der Waals surface area contributed by atoms with Crippen LogP contribution in [0.1, 0.15) is 26.7 Å². The molecular formula is C15H22N4O. The third-order valence-corrected chi connectivity index (χ3v) is 3.71. The Labute approximate surface area is 119 Å². The lowest BCUT2D eigenvalue weighted by Gasteiger charge is -2.27. The highest BCUT2D eigenvalue weighted by molar-refractivity contribution is 5.84. The fourth-order valence-electron chi connectivity index (χ4n) is 2.48. The minimum absolute atomic E-state index is 0.296. The zero-order valence-electron chi connectivity index (χ0n) is 12.1. The number of carbonyl (C=O) groups excluding carboxylic acids is 1. The molecule has 20 heavy (non-hydrogen) atoms. The third-order valence-electron chi connectivity index (χ3n) is 3.71.